The van der Waals surface area contributed by atoms with Gasteiger partial charge in [-0.2, -0.15) is 0 Å². The molecule has 1 N–H and O–H groups in total. The van der Waals surface area contributed by atoms with Crippen LogP contribution in [0.5, 0.6) is 5.75 Å². The van der Waals surface area contributed by atoms with Gasteiger partial charge in [-0.15, -0.1) is 0 Å². The Morgan fingerprint density at radius 1 is 1.23 bits per heavy atom. The Morgan fingerprint density at radius 3 is 2.67 bits per heavy atom. The van der Waals surface area contributed by atoms with E-state index in [9.17, 15) is 9.90 Å². The summed E-state index contributed by atoms with van der Waals surface area (Å²) >= 11 is 6.33. The first kappa shape index (κ1) is 21.9. The zero-order chi connectivity index (χ0) is 21.7. The number of hydrogen-bond acceptors (Lipinski definition) is 5. The maximum atomic E-state index is 11.3. The van der Waals surface area contributed by atoms with Crippen LogP contribution in [0.1, 0.15) is 29.5 Å². The highest BCUT2D eigenvalue weighted by molar-refractivity contribution is 6.31. The van der Waals surface area contributed by atoms with Crippen molar-refractivity contribution in [3.05, 3.63) is 70.1 Å². The molecule has 0 saturated carbocycles. The fourth-order valence-electron chi connectivity index (χ4n) is 3.04. The summed E-state index contributed by atoms with van der Waals surface area (Å²) in [5.74, 6) is 0.802. The zero-order valence-electron chi connectivity index (χ0n) is 17.1. The number of aromatic nitrogens is 1. The van der Waals surface area contributed by atoms with Crippen LogP contribution >= 0.6 is 11.6 Å². The first-order valence-electron chi connectivity index (χ1n) is 9.67. The molecule has 30 heavy (non-hydrogen) atoms. The fraction of sp³-hybridized carbons (Fsp3) is 0.304. The average molecular weight is 430 g/mol. The van der Waals surface area contributed by atoms with Gasteiger partial charge in [0.15, 0.2) is 6.10 Å². The van der Waals surface area contributed by atoms with Crippen molar-refractivity contribution >= 4 is 17.6 Å². The summed E-state index contributed by atoms with van der Waals surface area (Å²) in [5.41, 5.74) is 3.42. The van der Waals surface area contributed by atoms with Crippen LogP contribution in [0.4, 0.5) is 0 Å². The highest BCUT2D eigenvalue weighted by atomic mass is 35.5. The van der Waals surface area contributed by atoms with Crippen LogP contribution in [0.25, 0.3) is 11.5 Å². The molecular weight excluding hydrogens is 406 g/mol. The number of oxazole rings is 1. The minimum atomic E-state index is -1.01. The second-order valence-corrected chi connectivity index (χ2v) is 7.27. The van der Waals surface area contributed by atoms with E-state index in [-0.39, 0.29) is 13.0 Å². The fourth-order valence-corrected chi connectivity index (χ4v) is 3.29. The summed E-state index contributed by atoms with van der Waals surface area (Å²) in [6.07, 6.45) is -0.748. The van der Waals surface area contributed by atoms with E-state index in [4.69, 9.17) is 25.5 Å². The Morgan fingerprint density at radius 2 is 2.00 bits per heavy atom. The monoisotopic (exact) mass is 429 g/mol. The van der Waals surface area contributed by atoms with Gasteiger partial charge < -0.3 is 19.0 Å². The van der Waals surface area contributed by atoms with E-state index in [1.165, 1.54) is 0 Å². The quantitative estimate of drug-likeness (QED) is 0.502. The van der Waals surface area contributed by atoms with Crippen molar-refractivity contribution in [3.63, 3.8) is 0 Å². The lowest BCUT2D eigenvalue weighted by Gasteiger charge is -2.14. The summed E-state index contributed by atoms with van der Waals surface area (Å²) in [6.45, 7) is 6.16. The van der Waals surface area contributed by atoms with Gasteiger partial charge in [-0.1, -0.05) is 35.9 Å². The topological polar surface area (TPSA) is 81.8 Å². The summed E-state index contributed by atoms with van der Waals surface area (Å²) < 4.78 is 16.9. The Bertz CT molecular complexity index is 1030. The Hall–Kier alpha value is -2.83. The van der Waals surface area contributed by atoms with Crippen LogP contribution in [-0.2, 0) is 22.6 Å². The van der Waals surface area contributed by atoms with Gasteiger partial charge in [-0.05, 0) is 50.1 Å². The molecule has 0 radical (unpaired) electrons. The molecular formula is C23H24ClNO5. The molecule has 1 aromatic heterocycles. The first-order valence-corrected chi connectivity index (χ1v) is 10.0. The van der Waals surface area contributed by atoms with Crippen LogP contribution < -0.4 is 4.74 Å². The molecule has 3 aromatic rings. The van der Waals surface area contributed by atoms with E-state index in [2.05, 4.69) is 4.98 Å². The number of aliphatic carboxylic acids is 1. The predicted octanol–water partition coefficient (Wildman–Crippen LogP) is 5.22. The lowest BCUT2D eigenvalue weighted by atomic mass is 10.1. The first-order chi connectivity index (χ1) is 14.4. The summed E-state index contributed by atoms with van der Waals surface area (Å²) in [5, 5.41) is 9.67. The van der Waals surface area contributed by atoms with E-state index in [1.54, 1.807) is 25.1 Å². The van der Waals surface area contributed by atoms with Crippen molar-refractivity contribution in [1.82, 2.24) is 4.98 Å². The molecule has 0 aliphatic rings. The number of benzene rings is 2. The van der Waals surface area contributed by atoms with Crippen molar-refractivity contribution in [3.8, 4) is 17.2 Å². The van der Waals surface area contributed by atoms with Gasteiger partial charge in [0.25, 0.3) is 0 Å². The van der Waals surface area contributed by atoms with Crippen molar-refractivity contribution in [2.45, 2.75) is 39.9 Å². The van der Waals surface area contributed by atoms with Gasteiger partial charge >= 0.3 is 5.97 Å². The van der Waals surface area contributed by atoms with Gasteiger partial charge in [0.1, 0.15) is 23.8 Å². The standard InChI is InChI=1S/C23H24ClNO5/c1-4-28-21(23(26)27)11-16-9-10-17(12-19(16)24)29-13-20-15(3)30-22(25-20)18-8-6-5-7-14(18)2/h5-10,12,21H,4,11,13H2,1-3H3,(H,26,27). The average Bonchev–Trinajstić information content (AvgIpc) is 3.08. The third-order valence-electron chi connectivity index (χ3n) is 4.72. The van der Waals surface area contributed by atoms with Gasteiger partial charge in [-0.3, -0.25) is 0 Å². The molecule has 0 fully saturated rings. The number of carboxylic acids is 1. The molecule has 0 aliphatic heterocycles. The number of nitrogens with zero attached hydrogens (tertiary/aromatic N) is 1. The molecule has 3 rings (SSSR count). The van der Waals surface area contributed by atoms with Crippen molar-refractivity contribution in [1.29, 1.82) is 0 Å². The number of halogens is 1. The second-order valence-electron chi connectivity index (χ2n) is 6.87. The maximum absolute atomic E-state index is 11.3. The number of aryl methyl sites for hydroxylation is 2. The molecule has 158 valence electrons. The SMILES string of the molecule is CCOC(Cc1ccc(OCc2nc(-c3ccccc3C)oc2C)cc1Cl)C(=O)O. The second kappa shape index (κ2) is 9.78. The summed E-state index contributed by atoms with van der Waals surface area (Å²) in [7, 11) is 0. The number of hydrogen-bond donors (Lipinski definition) is 1. The molecule has 1 unspecified atom stereocenters. The Kier molecular flexibility index (Phi) is 7.13. The highest BCUT2D eigenvalue weighted by Crippen LogP contribution is 2.27. The maximum Gasteiger partial charge on any atom is 0.333 e. The van der Waals surface area contributed by atoms with Crippen LogP contribution in [0.15, 0.2) is 46.9 Å². The normalized spacial score (nSPS) is 12.0. The van der Waals surface area contributed by atoms with Gasteiger partial charge in [0, 0.05) is 23.6 Å². The summed E-state index contributed by atoms with van der Waals surface area (Å²) in [6, 6.07) is 13.1. The molecule has 0 saturated heterocycles. The third-order valence-corrected chi connectivity index (χ3v) is 5.07. The predicted molar refractivity (Wildman–Crippen MR) is 114 cm³/mol. The molecule has 0 bridgehead atoms. The Balaban J connectivity index is 1.69. The minimum Gasteiger partial charge on any atom is -0.487 e. The third kappa shape index (κ3) is 5.20. The number of rotatable bonds is 9. The Labute approximate surface area is 180 Å². The van der Waals surface area contributed by atoms with Crippen molar-refractivity contribution in [2.24, 2.45) is 0 Å². The number of carbonyl (C=O) groups is 1. The van der Waals surface area contributed by atoms with Crippen LogP contribution in [0.2, 0.25) is 5.02 Å². The smallest absolute Gasteiger partial charge is 0.333 e. The van der Waals surface area contributed by atoms with E-state index in [0.717, 1.165) is 11.1 Å². The van der Waals surface area contributed by atoms with E-state index >= 15 is 0 Å². The van der Waals surface area contributed by atoms with E-state index < -0.39 is 12.1 Å². The molecule has 2 aromatic carbocycles. The molecule has 7 heteroatoms. The van der Waals surface area contributed by atoms with Crippen LogP contribution in [0, 0.1) is 13.8 Å². The lowest BCUT2D eigenvalue weighted by Crippen LogP contribution is -2.26. The van der Waals surface area contributed by atoms with Crippen LogP contribution in [0.3, 0.4) is 0 Å². The lowest BCUT2D eigenvalue weighted by molar-refractivity contribution is -0.149. The van der Waals surface area contributed by atoms with Gasteiger partial charge in [-0.25, -0.2) is 9.78 Å². The molecule has 0 spiro atoms. The molecule has 1 heterocycles. The van der Waals surface area contributed by atoms with Gasteiger partial charge in [0.05, 0.1) is 0 Å². The van der Waals surface area contributed by atoms with Crippen LogP contribution in [-0.4, -0.2) is 28.8 Å². The van der Waals surface area contributed by atoms with Gasteiger partial charge in [0.2, 0.25) is 5.89 Å². The minimum absolute atomic E-state index is 0.185. The highest BCUT2D eigenvalue weighted by Gasteiger charge is 2.20. The van der Waals surface area contributed by atoms with E-state index in [1.807, 2.05) is 38.1 Å². The van der Waals surface area contributed by atoms with Crippen molar-refractivity contribution < 1.29 is 23.8 Å². The van der Waals surface area contributed by atoms with Crippen molar-refractivity contribution in [2.75, 3.05) is 6.61 Å². The largest absolute Gasteiger partial charge is 0.487 e. The summed E-state index contributed by atoms with van der Waals surface area (Å²) in [4.78, 5) is 15.8. The van der Waals surface area contributed by atoms with E-state index in [0.29, 0.717) is 40.3 Å². The zero-order valence-corrected chi connectivity index (χ0v) is 17.9. The molecule has 0 amide bonds. The number of ether oxygens (including phenoxy) is 2. The molecule has 6 nitrogen and oxygen atoms in total. The molecule has 0 aliphatic carbocycles. The molecule has 1 atom stereocenters. The number of carboxylic acid groups (broad SMARTS) is 1.